The van der Waals surface area contributed by atoms with Crippen molar-refractivity contribution in [3.05, 3.63) is 87.4 Å². The van der Waals surface area contributed by atoms with Crippen molar-refractivity contribution in [2.45, 2.75) is 89.0 Å². The molecule has 0 spiro atoms. The quantitative estimate of drug-likeness (QED) is 0.102. The van der Waals surface area contributed by atoms with Gasteiger partial charge < -0.3 is 35.1 Å². The van der Waals surface area contributed by atoms with Crippen LogP contribution in [0.4, 0.5) is 13.2 Å². The number of hydrogen-bond acceptors (Lipinski definition) is 9. The maximum Gasteiger partial charge on any atom is 0.421 e. The van der Waals surface area contributed by atoms with Crippen molar-refractivity contribution in [2.24, 2.45) is 0 Å². The van der Waals surface area contributed by atoms with Crippen LogP contribution in [0.25, 0.3) is 22.4 Å². The number of hydrogen-bond donors (Lipinski definition) is 4. The minimum Gasteiger partial charge on any atom is -0.481 e. The maximum absolute atomic E-state index is 14.4. The van der Waals surface area contributed by atoms with E-state index in [2.05, 4.69) is 15.6 Å². The molecule has 2 heterocycles. The van der Waals surface area contributed by atoms with Crippen molar-refractivity contribution in [3.8, 4) is 40.0 Å². The lowest BCUT2D eigenvalue weighted by Gasteiger charge is -2.41. The molecule has 0 amide bonds. The number of rotatable bonds is 14. The fourth-order valence-corrected chi connectivity index (χ4v) is 7.46. The zero-order valence-electron chi connectivity index (χ0n) is 29.8. The molecule has 1 saturated carbocycles. The van der Waals surface area contributed by atoms with Crippen LogP contribution in [0, 0.1) is 0 Å². The smallest absolute Gasteiger partial charge is 0.421 e. The molecule has 53 heavy (non-hydrogen) atoms. The molecule has 0 unspecified atom stereocenters. The van der Waals surface area contributed by atoms with E-state index in [1.807, 2.05) is 55.5 Å². The van der Waals surface area contributed by atoms with Gasteiger partial charge >= 0.3 is 12.1 Å². The van der Waals surface area contributed by atoms with E-state index in [0.29, 0.717) is 54.4 Å². The van der Waals surface area contributed by atoms with Crippen LogP contribution in [0.15, 0.2) is 54.6 Å². The van der Waals surface area contributed by atoms with Crippen molar-refractivity contribution in [3.63, 3.8) is 0 Å². The number of benzene rings is 2. The zero-order valence-corrected chi connectivity index (χ0v) is 30.6. The summed E-state index contributed by atoms with van der Waals surface area (Å²) in [5, 5.41) is 25.9. The number of aromatic nitrogens is 2. The lowest BCUT2D eigenvalue weighted by Crippen LogP contribution is -2.51. The number of carboxylic acids is 1. The Morgan fingerprint density at radius 2 is 1.66 bits per heavy atom. The number of halogens is 4. The Bertz CT molecular complexity index is 1980. The van der Waals surface area contributed by atoms with Crippen LogP contribution >= 0.6 is 11.6 Å². The SMILES string of the molecule is COc1nc(-c2cccc(-c3cccc4c3CC[C@@H]4Oc3nc(OC)c(CN[C@H](C)CC(=O)O)cc3C(F)(F)F)c2Cl)ccc1CNC1CC(C)(O)C1. The second kappa shape index (κ2) is 15.5. The van der Waals surface area contributed by atoms with E-state index >= 15 is 0 Å². The molecule has 282 valence electrons. The molecule has 4 aromatic rings. The van der Waals surface area contributed by atoms with E-state index in [0.717, 1.165) is 33.9 Å². The number of nitrogens with zero attached hydrogens (tertiary/aromatic N) is 2. The molecule has 14 heteroatoms. The molecule has 1 fully saturated rings. The van der Waals surface area contributed by atoms with Gasteiger partial charge in [-0.2, -0.15) is 18.2 Å². The Labute approximate surface area is 310 Å². The number of carbonyl (C=O) groups is 1. The Kier molecular flexibility index (Phi) is 11.2. The molecule has 0 bridgehead atoms. The van der Waals surface area contributed by atoms with Gasteiger partial charge in [0.2, 0.25) is 17.6 Å². The number of aliphatic hydroxyl groups is 1. The molecule has 0 radical (unpaired) electrons. The van der Waals surface area contributed by atoms with Gasteiger partial charge in [0.15, 0.2) is 0 Å². The summed E-state index contributed by atoms with van der Waals surface area (Å²) in [5.41, 5.74) is 3.85. The van der Waals surface area contributed by atoms with Crippen molar-refractivity contribution in [1.29, 1.82) is 0 Å². The summed E-state index contributed by atoms with van der Waals surface area (Å²) in [6.45, 7) is 3.90. The van der Waals surface area contributed by atoms with Crippen LogP contribution in [0.3, 0.4) is 0 Å². The van der Waals surface area contributed by atoms with E-state index < -0.39 is 41.3 Å². The van der Waals surface area contributed by atoms with Gasteiger partial charge in [0.25, 0.3) is 0 Å². The largest absolute Gasteiger partial charge is 0.481 e. The molecule has 10 nitrogen and oxygen atoms in total. The number of fused-ring (bicyclic) bond motifs is 1. The lowest BCUT2D eigenvalue weighted by atomic mass is 9.77. The summed E-state index contributed by atoms with van der Waals surface area (Å²) in [6.07, 6.45) is -3.40. The van der Waals surface area contributed by atoms with Crippen LogP contribution in [-0.4, -0.2) is 58.1 Å². The third-order valence-electron chi connectivity index (χ3n) is 9.77. The highest BCUT2D eigenvalue weighted by Crippen LogP contribution is 2.46. The van der Waals surface area contributed by atoms with E-state index in [9.17, 15) is 23.1 Å². The summed E-state index contributed by atoms with van der Waals surface area (Å²) >= 11 is 7.09. The molecule has 2 aliphatic rings. The average Bonchev–Trinajstić information content (AvgIpc) is 3.51. The lowest BCUT2D eigenvalue weighted by molar-refractivity contribution is -0.140. The first-order chi connectivity index (χ1) is 25.2. The van der Waals surface area contributed by atoms with Gasteiger partial charge in [-0.05, 0) is 68.4 Å². The molecule has 2 atom stereocenters. The van der Waals surface area contributed by atoms with Crippen molar-refractivity contribution >= 4 is 17.6 Å². The predicted octanol–water partition coefficient (Wildman–Crippen LogP) is 7.52. The number of pyridine rings is 2. The highest BCUT2D eigenvalue weighted by molar-refractivity contribution is 6.36. The Morgan fingerprint density at radius 1 is 0.981 bits per heavy atom. The molecule has 0 aliphatic heterocycles. The Morgan fingerprint density at radius 3 is 2.34 bits per heavy atom. The maximum atomic E-state index is 14.4. The third-order valence-corrected chi connectivity index (χ3v) is 10.2. The topological polar surface area (TPSA) is 135 Å². The van der Waals surface area contributed by atoms with E-state index in [4.69, 9.17) is 35.9 Å². The zero-order chi connectivity index (χ0) is 38.1. The number of nitrogens with one attached hydrogen (secondary N) is 2. The van der Waals surface area contributed by atoms with Gasteiger partial charge in [0.1, 0.15) is 11.7 Å². The molecular formula is C39H42ClF3N4O6. The monoisotopic (exact) mass is 754 g/mol. The summed E-state index contributed by atoms with van der Waals surface area (Å²) in [6, 6.07) is 15.8. The third kappa shape index (κ3) is 8.54. The molecule has 6 rings (SSSR count). The summed E-state index contributed by atoms with van der Waals surface area (Å²) in [5.74, 6) is -1.22. The average molecular weight is 755 g/mol. The first-order valence-electron chi connectivity index (χ1n) is 17.3. The van der Waals surface area contributed by atoms with Gasteiger partial charge in [0.05, 0.1) is 37.0 Å². The molecule has 4 N–H and O–H groups in total. The number of carboxylic acid groups (broad SMARTS) is 1. The normalized spacial score (nSPS) is 20.0. The fourth-order valence-electron chi connectivity index (χ4n) is 7.13. The van der Waals surface area contributed by atoms with Crippen LogP contribution in [0.1, 0.15) is 73.5 Å². The van der Waals surface area contributed by atoms with Crippen LogP contribution in [-0.2, 0) is 30.5 Å². The minimum absolute atomic E-state index is 0.0549. The number of alkyl halides is 3. The van der Waals surface area contributed by atoms with Gasteiger partial charge in [-0.3, -0.25) is 4.79 Å². The van der Waals surface area contributed by atoms with E-state index in [-0.39, 0.29) is 30.5 Å². The molecule has 0 saturated heterocycles. The molecular weight excluding hydrogens is 713 g/mol. The van der Waals surface area contributed by atoms with E-state index in [1.165, 1.54) is 7.11 Å². The van der Waals surface area contributed by atoms with Gasteiger partial charge in [-0.25, -0.2) is 4.98 Å². The number of methoxy groups -OCH3 is 2. The first kappa shape index (κ1) is 38.3. The highest BCUT2D eigenvalue weighted by Gasteiger charge is 2.39. The first-order valence-corrected chi connectivity index (χ1v) is 17.7. The van der Waals surface area contributed by atoms with Crippen LogP contribution in [0.5, 0.6) is 17.6 Å². The Balaban J connectivity index is 1.25. The minimum atomic E-state index is -4.78. The Hall–Kier alpha value is -4.43. The second-order valence-corrected chi connectivity index (χ2v) is 14.3. The standard InChI is InChI=1S/C39H42ClF3N4O6/c1-21(15-33(48)49)44-20-23-16-30(39(41,42)43)37(47-36(23)52-4)53-32-14-12-26-25(7-5-8-27(26)32)28-9-6-10-29(34(28)40)31-13-11-22(35(46-31)51-3)19-45-24-17-38(2,50)18-24/h5-11,13,16,21,24,32,44-45,50H,12,14-15,17-20H2,1-4H3,(H,48,49)/t21-,24?,32+,38?/m1/s1. The number of ether oxygens (including phenoxy) is 3. The van der Waals surface area contributed by atoms with Crippen LogP contribution in [0.2, 0.25) is 5.02 Å². The van der Waals surface area contributed by atoms with Crippen molar-refractivity contribution in [1.82, 2.24) is 20.6 Å². The van der Waals surface area contributed by atoms with Crippen molar-refractivity contribution in [2.75, 3.05) is 14.2 Å². The highest BCUT2D eigenvalue weighted by atomic mass is 35.5. The fraction of sp³-hybridized carbons (Fsp3) is 0.410. The molecule has 2 aromatic heterocycles. The summed E-state index contributed by atoms with van der Waals surface area (Å²) < 4.78 is 60.2. The predicted molar refractivity (Wildman–Crippen MR) is 193 cm³/mol. The summed E-state index contributed by atoms with van der Waals surface area (Å²) in [7, 11) is 2.87. The van der Waals surface area contributed by atoms with Gasteiger partial charge in [-0.1, -0.05) is 54.1 Å². The summed E-state index contributed by atoms with van der Waals surface area (Å²) in [4.78, 5) is 20.0. The van der Waals surface area contributed by atoms with Crippen LogP contribution < -0.4 is 24.8 Å². The van der Waals surface area contributed by atoms with Gasteiger partial charge in [-0.15, -0.1) is 0 Å². The van der Waals surface area contributed by atoms with Crippen molar-refractivity contribution < 1.29 is 42.4 Å². The molecule has 2 aliphatic carbocycles. The molecule has 2 aromatic carbocycles. The number of aliphatic carboxylic acids is 1. The second-order valence-electron chi connectivity index (χ2n) is 13.9. The van der Waals surface area contributed by atoms with E-state index in [1.54, 1.807) is 14.0 Å². The van der Waals surface area contributed by atoms with Gasteiger partial charge in [0, 0.05) is 47.4 Å².